The molecule has 0 aromatic heterocycles. The van der Waals surface area contributed by atoms with Crippen LogP contribution >= 0.6 is 23.2 Å². The van der Waals surface area contributed by atoms with Gasteiger partial charge in [-0.1, -0.05) is 29.3 Å². The molecule has 0 atom stereocenters. The summed E-state index contributed by atoms with van der Waals surface area (Å²) in [7, 11) is -3.98. The van der Waals surface area contributed by atoms with E-state index in [0.717, 1.165) is 4.31 Å². The molecule has 0 unspecified atom stereocenters. The minimum atomic E-state index is -3.98. The van der Waals surface area contributed by atoms with Crippen molar-refractivity contribution in [1.29, 1.82) is 0 Å². The largest absolute Gasteiger partial charge is 0.465 e. The van der Waals surface area contributed by atoms with Gasteiger partial charge in [0.1, 0.15) is 11.4 Å². The number of hydrogen-bond acceptors (Lipinski definition) is 4. The maximum atomic E-state index is 12.6. The highest BCUT2D eigenvalue weighted by molar-refractivity contribution is 7.89. The summed E-state index contributed by atoms with van der Waals surface area (Å²) in [5.41, 5.74) is 0. The molecule has 0 bridgehead atoms. The molecule has 0 saturated carbocycles. The van der Waals surface area contributed by atoms with Crippen LogP contribution in [0.1, 0.15) is 6.92 Å². The Morgan fingerprint density at radius 1 is 1.43 bits per heavy atom. The van der Waals surface area contributed by atoms with Gasteiger partial charge in [-0.2, -0.15) is 4.31 Å². The lowest BCUT2D eigenvalue weighted by Crippen LogP contribution is -2.36. The first-order chi connectivity index (χ1) is 9.82. The lowest BCUT2D eigenvalue weighted by Gasteiger charge is -2.20. The number of halogens is 2. The van der Waals surface area contributed by atoms with Gasteiger partial charge in [-0.25, -0.2) is 8.42 Å². The molecule has 0 radical (unpaired) electrons. The van der Waals surface area contributed by atoms with Crippen molar-refractivity contribution in [2.45, 2.75) is 11.8 Å². The van der Waals surface area contributed by atoms with Crippen molar-refractivity contribution in [2.75, 3.05) is 19.7 Å². The van der Waals surface area contributed by atoms with Gasteiger partial charge in [0.15, 0.2) is 0 Å². The quantitative estimate of drug-likeness (QED) is 0.559. The van der Waals surface area contributed by atoms with Crippen LogP contribution in [0, 0.1) is 0 Å². The van der Waals surface area contributed by atoms with Gasteiger partial charge in [0.25, 0.3) is 0 Å². The van der Waals surface area contributed by atoms with Gasteiger partial charge in [-0.15, -0.1) is 6.58 Å². The molecule has 0 saturated heterocycles. The minimum absolute atomic E-state index is 0.0253. The third kappa shape index (κ3) is 4.71. The molecule has 0 spiro atoms. The molecule has 0 aliphatic heterocycles. The van der Waals surface area contributed by atoms with Gasteiger partial charge < -0.3 is 4.74 Å². The van der Waals surface area contributed by atoms with Gasteiger partial charge in [0, 0.05) is 11.6 Å². The maximum Gasteiger partial charge on any atom is 0.321 e. The zero-order valence-electron chi connectivity index (χ0n) is 11.4. The monoisotopic (exact) mass is 351 g/mol. The van der Waals surface area contributed by atoms with E-state index < -0.39 is 22.5 Å². The molecule has 5 nitrogen and oxygen atoms in total. The fourth-order valence-corrected chi connectivity index (χ4v) is 3.65. The number of rotatable bonds is 7. The number of ether oxygens (including phenoxy) is 1. The third-order valence-electron chi connectivity index (χ3n) is 2.45. The molecule has 0 heterocycles. The van der Waals surface area contributed by atoms with Crippen LogP contribution in [-0.2, 0) is 19.6 Å². The Balaban J connectivity index is 3.18. The Morgan fingerprint density at radius 2 is 2.10 bits per heavy atom. The molecule has 1 aromatic carbocycles. The van der Waals surface area contributed by atoms with E-state index >= 15 is 0 Å². The summed E-state index contributed by atoms with van der Waals surface area (Å²) in [5.74, 6) is -0.652. The van der Waals surface area contributed by atoms with Gasteiger partial charge in [-0.3, -0.25) is 4.79 Å². The first kappa shape index (κ1) is 18.0. The summed E-state index contributed by atoms with van der Waals surface area (Å²) in [6.45, 7) is 4.81. The molecular weight excluding hydrogens is 337 g/mol. The number of benzene rings is 1. The Labute approximate surface area is 134 Å². The molecular formula is C13H15Cl2NO4S. The highest BCUT2D eigenvalue weighted by atomic mass is 35.5. The molecule has 116 valence electrons. The highest BCUT2D eigenvalue weighted by Gasteiger charge is 2.28. The second-order valence-electron chi connectivity index (χ2n) is 3.97. The Hall–Kier alpha value is -1.08. The SMILES string of the molecule is C=CCN(CC(=O)OCC)S(=O)(=O)c1cc(Cl)ccc1Cl. The molecule has 0 N–H and O–H groups in total. The Morgan fingerprint density at radius 3 is 2.67 bits per heavy atom. The number of nitrogens with zero attached hydrogens (tertiary/aromatic N) is 1. The fourth-order valence-electron chi connectivity index (χ4n) is 1.56. The van der Waals surface area contributed by atoms with E-state index in [1.807, 2.05) is 0 Å². The molecule has 21 heavy (non-hydrogen) atoms. The molecule has 1 rings (SSSR count). The van der Waals surface area contributed by atoms with Crippen LogP contribution < -0.4 is 0 Å². The van der Waals surface area contributed by atoms with Crippen LogP contribution in [0.25, 0.3) is 0 Å². The number of esters is 1. The summed E-state index contributed by atoms with van der Waals surface area (Å²) < 4.78 is 30.8. The minimum Gasteiger partial charge on any atom is -0.465 e. The Bertz CT molecular complexity index is 631. The van der Waals surface area contributed by atoms with E-state index in [4.69, 9.17) is 27.9 Å². The van der Waals surface area contributed by atoms with Crippen molar-refractivity contribution in [2.24, 2.45) is 0 Å². The first-order valence-corrected chi connectivity index (χ1v) is 8.24. The van der Waals surface area contributed by atoms with E-state index in [0.29, 0.717) is 0 Å². The maximum absolute atomic E-state index is 12.6. The van der Waals surface area contributed by atoms with Crippen molar-refractivity contribution < 1.29 is 17.9 Å². The fraction of sp³-hybridized carbons (Fsp3) is 0.308. The Kier molecular flexibility index (Phi) is 6.67. The van der Waals surface area contributed by atoms with Crippen molar-refractivity contribution in [1.82, 2.24) is 4.31 Å². The summed E-state index contributed by atoms with van der Waals surface area (Å²) in [5, 5.41) is 0.255. The van der Waals surface area contributed by atoms with Crippen molar-refractivity contribution in [3.63, 3.8) is 0 Å². The second-order valence-corrected chi connectivity index (χ2v) is 6.72. The average molecular weight is 352 g/mol. The average Bonchev–Trinajstić information content (AvgIpc) is 2.41. The smallest absolute Gasteiger partial charge is 0.321 e. The van der Waals surface area contributed by atoms with E-state index in [-0.39, 0.29) is 28.1 Å². The summed E-state index contributed by atoms with van der Waals surface area (Å²) in [4.78, 5) is 11.4. The molecule has 0 aliphatic carbocycles. The van der Waals surface area contributed by atoms with Crippen LogP contribution in [0.15, 0.2) is 35.7 Å². The van der Waals surface area contributed by atoms with Crippen LogP contribution in [0.5, 0.6) is 0 Å². The van der Waals surface area contributed by atoms with Crippen molar-refractivity contribution in [3.8, 4) is 0 Å². The number of hydrogen-bond donors (Lipinski definition) is 0. The van der Waals surface area contributed by atoms with Gasteiger partial charge >= 0.3 is 5.97 Å². The van der Waals surface area contributed by atoms with E-state index in [1.165, 1.54) is 24.3 Å². The molecule has 0 aliphatic rings. The first-order valence-electron chi connectivity index (χ1n) is 6.04. The van der Waals surface area contributed by atoms with E-state index in [1.54, 1.807) is 6.92 Å². The van der Waals surface area contributed by atoms with E-state index in [2.05, 4.69) is 6.58 Å². The van der Waals surface area contributed by atoms with Crippen molar-refractivity contribution >= 4 is 39.2 Å². The van der Waals surface area contributed by atoms with Gasteiger partial charge in [0.2, 0.25) is 10.0 Å². The molecule has 8 heteroatoms. The molecule has 1 aromatic rings. The second kappa shape index (κ2) is 7.79. The van der Waals surface area contributed by atoms with E-state index in [9.17, 15) is 13.2 Å². The molecule has 0 fully saturated rings. The van der Waals surface area contributed by atoms with Crippen LogP contribution in [0.4, 0.5) is 0 Å². The standard InChI is InChI=1S/C13H15Cl2NO4S/c1-3-7-16(9-13(17)20-4-2)21(18,19)12-8-10(14)5-6-11(12)15/h3,5-6,8H,1,4,7,9H2,2H3. The highest BCUT2D eigenvalue weighted by Crippen LogP contribution is 2.27. The number of carbonyl (C=O) groups is 1. The predicted molar refractivity (Wildman–Crippen MR) is 82.1 cm³/mol. The zero-order chi connectivity index (χ0) is 16.0. The lowest BCUT2D eigenvalue weighted by molar-refractivity contribution is -0.143. The normalized spacial score (nSPS) is 11.4. The van der Waals surface area contributed by atoms with Crippen molar-refractivity contribution in [3.05, 3.63) is 40.9 Å². The topological polar surface area (TPSA) is 63.7 Å². The number of carbonyl (C=O) groups excluding carboxylic acids is 1. The summed E-state index contributed by atoms with van der Waals surface area (Å²) in [6, 6.07) is 4.10. The van der Waals surface area contributed by atoms with Crippen LogP contribution in [0.2, 0.25) is 10.0 Å². The van der Waals surface area contributed by atoms with Crippen LogP contribution in [0.3, 0.4) is 0 Å². The van der Waals surface area contributed by atoms with Crippen LogP contribution in [-0.4, -0.2) is 38.4 Å². The predicted octanol–water partition coefficient (Wildman–Crippen LogP) is 2.73. The van der Waals surface area contributed by atoms with Gasteiger partial charge in [0.05, 0.1) is 11.6 Å². The summed E-state index contributed by atoms with van der Waals surface area (Å²) >= 11 is 11.7. The van der Waals surface area contributed by atoms with Gasteiger partial charge in [-0.05, 0) is 25.1 Å². The summed E-state index contributed by atoms with van der Waals surface area (Å²) in [6.07, 6.45) is 1.37. The zero-order valence-corrected chi connectivity index (χ0v) is 13.7. The third-order valence-corrected chi connectivity index (χ3v) is 4.98. The lowest BCUT2D eigenvalue weighted by atomic mass is 10.4. The molecule has 0 amide bonds. The number of sulfonamides is 1.